The smallest absolute Gasteiger partial charge is 0.279 e. The average Bonchev–Trinajstić information content (AvgIpc) is 3.06. The minimum absolute atomic E-state index is 0.0176. The van der Waals surface area contributed by atoms with Gasteiger partial charge in [-0.3, -0.25) is 9.89 Å². The van der Waals surface area contributed by atoms with Gasteiger partial charge in [-0.15, -0.1) is 0 Å². The van der Waals surface area contributed by atoms with E-state index in [1.54, 1.807) is 12.1 Å². The summed E-state index contributed by atoms with van der Waals surface area (Å²) in [5, 5.41) is 8.58. The number of H-pyrrole nitrogens is 1. The molecule has 0 saturated carbocycles. The molecule has 6 rings (SSSR count). The number of benzene rings is 1. The van der Waals surface area contributed by atoms with E-state index in [0.717, 1.165) is 37.0 Å². The molecule has 2 fully saturated rings. The van der Waals surface area contributed by atoms with Crippen LogP contribution in [-0.2, 0) is 0 Å². The standard InChI is InChI=1S/C16H15ClN4O/c17-10-1-2-13-12(5-10)15(19-18-13)16(22)21-7-9-6-20-4-3-11(9)14(21)8-20/h1-2,5,8-9,11H,3-4,6-7H2,(H,18,19)/t9-,11-/m1/s1. The number of aromatic nitrogens is 2. The van der Waals surface area contributed by atoms with Gasteiger partial charge in [0.05, 0.1) is 5.52 Å². The lowest BCUT2D eigenvalue weighted by Crippen LogP contribution is -2.40. The molecule has 0 spiro atoms. The Morgan fingerprint density at radius 2 is 2.27 bits per heavy atom. The number of likely N-dealkylation sites (tertiary alicyclic amines) is 1. The van der Waals surface area contributed by atoms with E-state index in [1.807, 2.05) is 11.0 Å². The number of hydrogen-bond donors (Lipinski definition) is 1. The molecule has 5 nitrogen and oxygen atoms in total. The maximum atomic E-state index is 13.0. The van der Waals surface area contributed by atoms with E-state index in [-0.39, 0.29) is 5.91 Å². The summed E-state index contributed by atoms with van der Waals surface area (Å²) in [4.78, 5) is 17.3. The van der Waals surface area contributed by atoms with Gasteiger partial charge in [-0.05, 0) is 24.6 Å². The Balaban J connectivity index is 1.57. The molecule has 1 amide bonds. The summed E-state index contributed by atoms with van der Waals surface area (Å²) in [7, 11) is 0. The van der Waals surface area contributed by atoms with Gasteiger partial charge in [0.1, 0.15) is 0 Å². The predicted molar refractivity (Wildman–Crippen MR) is 83.4 cm³/mol. The van der Waals surface area contributed by atoms with Crippen LogP contribution in [0.1, 0.15) is 16.9 Å². The SMILES string of the molecule is O=C(c1n[nH]c2ccc(Cl)cc12)N1C[C@H]2CN3C=C1[C@@H]2CC3. The van der Waals surface area contributed by atoms with Crippen molar-refractivity contribution < 1.29 is 4.79 Å². The van der Waals surface area contributed by atoms with E-state index in [2.05, 4.69) is 21.3 Å². The van der Waals surface area contributed by atoms with Crippen molar-refractivity contribution in [3.63, 3.8) is 0 Å². The lowest BCUT2D eigenvalue weighted by atomic mass is 9.84. The second-order valence-electron chi connectivity index (χ2n) is 6.38. The monoisotopic (exact) mass is 314 g/mol. The first kappa shape index (κ1) is 12.5. The number of amides is 1. The van der Waals surface area contributed by atoms with Crippen LogP contribution in [0.3, 0.4) is 0 Å². The van der Waals surface area contributed by atoms with E-state index in [0.29, 0.717) is 22.6 Å². The molecule has 2 aromatic rings. The second-order valence-corrected chi connectivity index (χ2v) is 6.82. The number of aromatic amines is 1. The summed E-state index contributed by atoms with van der Waals surface area (Å²) in [6.45, 7) is 3.00. The minimum atomic E-state index is -0.0176. The molecule has 112 valence electrons. The van der Waals surface area contributed by atoms with Gasteiger partial charge in [-0.2, -0.15) is 5.10 Å². The highest BCUT2D eigenvalue weighted by Gasteiger charge is 2.46. The van der Waals surface area contributed by atoms with Gasteiger partial charge in [0.2, 0.25) is 0 Å². The van der Waals surface area contributed by atoms with Gasteiger partial charge < -0.3 is 9.80 Å². The Labute approximate surface area is 132 Å². The molecule has 4 bridgehead atoms. The topological polar surface area (TPSA) is 52.2 Å². The number of hydrogen-bond acceptors (Lipinski definition) is 3. The zero-order valence-corrected chi connectivity index (χ0v) is 12.7. The summed E-state index contributed by atoms with van der Waals surface area (Å²) in [6.07, 6.45) is 3.32. The Hall–Kier alpha value is -2.01. The molecule has 4 aliphatic rings. The van der Waals surface area contributed by atoms with Crippen LogP contribution in [0.15, 0.2) is 30.1 Å². The maximum Gasteiger partial charge on any atom is 0.279 e. The average molecular weight is 315 g/mol. The summed E-state index contributed by atoms with van der Waals surface area (Å²) in [5.41, 5.74) is 2.48. The fourth-order valence-corrected chi connectivity index (χ4v) is 4.29. The number of piperidine rings is 1. The first-order chi connectivity index (χ1) is 10.7. The van der Waals surface area contributed by atoms with Crippen LogP contribution < -0.4 is 0 Å². The largest absolute Gasteiger partial charge is 0.376 e. The highest BCUT2D eigenvalue weighted by atomic mass is 35.5. The van der Waals surface area contributed by atoms with E-state index in [1.165, 1.54) is 5.70 Å². The van der Waals surface area contributed by atoms with Crippen LogP contribution in [0, 0.1) is 11.8 Å². The van der Waals surface area contributed by atoms with Crippen molar-refractivity contribution in [2.24, 2.45) is 11.8 Å². The van der Waals surface area contributed by atoms with Crippen LogP contribution in [0.25, 0.3) is 10.9 Å². The third kappa shape index (κ3) is 1.60. The predicted octanol–water partition coefficient (Wildman–Crippen LogP) is 2.47. The number of halogens is 1. The lowest BCUT2D eigenvalue weighted by Gasteiger charge is -2.39. The maximum absolute atomic E-state index is 13.0. The zero-order valence-electron chi connectivity index (χ0n) is 11.9. The van der Waals surface area contributed by atoms with Gasteiger partial charge >= 0.3 is 0 Å². The number of nitrogens with zero attached hydrogens (tertiary/aromatic N) is 3. The van der Waals surface area contributed by atoms with Crippen molar-refractivity contribution in [1.82, 2.24) is 20.0 Å². The Morgan fingerprint density at radius 1 is 1.36 bits per heavy atom. The van der Waals surface area contributed by atoms with Gasteiger partial charge in [0.25, 0.3) is 5.91 Å². The number of allylic oxidation sites excluding steroid dienone is 1. The Morgan fingerprint density at radius 3 is 3.09 bits per heavy atom. The van der Waals surface area contributed by atoms with Crippen LogP contribution >= 0.6 is 11.6 Å². The number of carbonyl (C=O) groups excluding carboxylic acids is 1. The van der Waals surface area contributed by atoms with Crippen molar-refractivity contribution in [3.05, 3.63) is 40.8 Å². The quantitative estimate of drug-likeness (QED) is 0.879. The molecule has 22 heavy (non-hydrogen) atoms. The lowest BCUT2D eigenvalue weighted by molar-refractivity contribution is 0.0816. The molecule has 0 unspecified atom stereocenters. The van der Waals surface area contributed by atoms with Gasteiger partial charge in [0, 0.05) is 53.8 Å². The first-order valence-electron chi connectivity index (χ1n) is 7.62. The molecule has 1 N–H and O–H groups in total. The van der Waals surface area contributed by atoms with Crippen LogP contribution in [0.4, 0.5) is 0 Å². The molecule has 0 radical (unpaired) electrons. The van der Waals surface area contributed by atoms with Crippen LogP contribution in [0.5, 0.6) is 0 Å². The number of rotatable bonds is 1. The molecule has 1 aromatic carbocycles. The molecule has 2 saturated heterocycles. The molecular weight excluding hydrogens is 300 g/mol. The van der Waals surface area contributed by atoms with Crippen molar-refractivity contribution in [2.75, 3.05) is 19.6 Å². The van der Waals surface area contributed by atoms with Crippen molar-refractivity contribution in [3.8, 4) is 0 Å². The first-order valence-corrected chi connectivity index (χ1v) is 8.00. The summed E-state index contributed by atoms with van der Waals surface area (Å²) >= 11 is 6.07. The zero-order chi connectivity index (χ0) is 14.8. The number of nitrogens with one attached hydrogen (secondary N) is 1. The molecule has 6 heteroatoms. The molecule has 1 aromatic heterocycles. The fraction of sp³-hybridized carbons (Fsp3) is 0.375. The Bertz CT molecular complexity index is 827. The summed E-state index contributed by atoms with van der Waals surface area (Å²) in [5.74, 6) is 1.10. The van der Waals surface area contributed by atoms with Gasteiger partial charge in [-0.25, -0.2) is 0 Å². The Kier molecular flexibility index (Phi) is 2.42. The second kappa shape index (κ2) is 4.26. The van der Waals surface area contributed by atoms with Gasteiger partial charge in [-0.1, -0.05) is 11.6 Å². The highest BCUT2D eigenvalue weighted by Crippen LogP contribution is 2.44. The van der Waals surface area contributed by atoms with E-state index in [4.69, 9.17) is 11.6 Å². The third-order valence-corrected chi connectivity index (χ3v) is 5.40. The van der Waals surface area contributed by atoms with E-state index >= 15 is 0 Å². The summed E-state index contributed by atoms with van der Waals surface area (Å²) < 4.78 is 0. The molecule has 5 heterocycles. The van der Waals surface area contributed by atoms with Crippen molar-refractivity contribution >= 4 is 28.4 Å². The van der Waals surface area contributed by atoms with Crippen LogP contribution in [0.2, 0.25) is 5.02 Å². The highest BCUT2D eigenvalue weighted by molar-refractivity contribution is 6.31. The van der Waals surface area contributed by atoms with E-state index < -0.39 is 0 Å². The fourth-order valence-electron chi connectivity index (χ4n) is 4.12. The molecular formula is C16H15ClN4O. The van der Waals surface area contributed by atoms with Crippen LogP contribution in [-0.4, -0.2) is 45.5 Å². The molecule has 2 atom stereocenters. The number of carbonyl (C=O) groups is 1. The molecule has 4 aliphatic heterocycles. The third-order valence-electron chi connectivity index (χ3n) is 5.16. The minimum Gasteiger partial charge on any atom is -0.376 e. The van der Waals surface area contributed by atoms with E-state index in [9.17, 15) is 4.79 Å². The number of fused-ring (bicyclic) bond motifs is 2. The normalized spacial score (nSPS) is 26.0. The summed E-state index contributed by atoms with van der Waals surface area (Å²) in [6, 6.07) is 5.46. The molecule has 0 aliphatic carbocycles. The van der Waals surface area contributed by atoms with Gasteiger partial charge in [0.15, 0.2) is 5.69 Å². The van der Waals surface area contributed by atoms with Crippen molar-refractivity contribution in [1.29, 1.82) is 0 Å². The van der Waals surface area contributed by atoms with Crippen molar-refractivity contribution in [2.45, 2.75) is 6.42 Å².